The van der Waals surface area contributed by atoms with Gasteiger partial charge in [0.15, 0.2) is 6.61 Å². The molecule has 1 aliphatic heterocycles. The van der Waals surface area contributed by atoms with Crippen LogP contribution in [0.2, 0.25) is 0 Å². The summed E-state index contributed by atoms with van der Waals surface area (Å²) in [5.41, 5.74) is -0.438. The lowest BCUT2D eigenvalue weighted by molar-refractivity contribution is -0.167. The largest absolute Gasteiger partial charge is 0.484 e. The van der Waals surface area contributed by atoms with E-state index in [1.54, 1.807) is 49.9 Å². The molecule has 5 nitrogen and oxygen atoms in total. The summed E-state index contributed by atoms with van der Waals surface area (Å²) in [6.07, 6.45) is -3.73. The number of hydrogen-bond donors (Lipinski definition) is 0. The Morgan fingerprint density at radius 3 is 2.17 bits per heavy atom. The van der Waals surface area contributed by atoms with Crippen molar-refractivity contribution in [3.05, 3.63) is 30.3 Å². The summed E-state index contributed by atoms with van der Waals surface area (Å²) in [6.45, 7) is 4.77. The smallest absolute Gasteiger partial charge is 0.406 e. The van der Waals surface area contributed by atoms with E-state index in [4.69, 9.17) is 4.74 Å². The van der Waals surface area contributed by atoms with Gasteiger partial charge in [-0.05, 0) is 30.4 Å². The molecule has 0 N–H and O–H groups in total. The number of halogens is 3. The highest BCUT2D eigenvalue weighted by atomic mass is 19.4. The summed E-state index contributed by atoms with van der Waals surface area (Å²) in [7, 11) is 0. The minimum Gasteiger partial charge on any atom is -0.484 e. The topological polar surface area (TPSA) is 49.9 Å². The van der Waals surface area contributed by atoms with E-state index in [2.05, 4.69) is 0 Å². The number of piperidine rings is 1. The van der Waals surface area contributed by atoms with Crippen LogP contribution in [0.25, 0.3) is 0 Å². The highest BCUT2D eigenvalue weighted by Gasteiger charge is 2.38. The Bertz CT molecular complexity index is 663. The van der Waals surface area contributed by atoms with E-state index in [9.17, 15) is 22.8 Å². The van der Waals surface area contributed by atoms with E-state index in [-0.39, 0.29) is 19.1 Å². The van der Waals surface area contributed by atoms with Crippen molar-refractivity contribution in [1.82, 2.24) is 9.80 Å². The van der Waals surface area contributed by atoms with E-state index in [0.717, 1.165) is 4.90 Å². The average Bonchev–Trinajstić information content (AvgIpc) is 2.63. The van der Waals surface area contributed by atoms with E-state index >= 15 is 0 Å². The van der Waals surface area contributed by atoms with Gasteiger partial charge in [0.2, 0.25) is 5.91 Å². The van der Waals surface area contributed by atoms with Gasteiger partial charge >= 0.3 is 6.18 Å². The number of para-hydroxylation sites is 1. The van der Waals surface area contributed by atoms with Crippen LogP contribution in [0.15, 0.2) is 30.3 Å². The zero-order chi connectivity index (χ0) is 21.7. The van der Waals surface area contributed by atoms with Crippen molar-refractivity contribution < 1.29 is 27.5 Å². The third-order valence-corrected chi connectivity index (χ3v) is 4.65. The molecule has 0 saturated carbocycles. The molecule has 0 radical (unpaired) electrons. The number of rotatable bonds is 6. The fraction of sp³-hybridized carbons (Fsp3) is 0.619. The van der Waals surface area contributed by atoms with Crippen molar-refractivity contribution in [2.45, 2.75) is 39.8 Å². The predicted molar refractivity (Wildman–Crippen MR) is 103 cm³/mol. The molecule has 0 aromatic heterocycles. The minimum atomic E-state index is -4.44. The number of alkyl halides is 3. The standard InChI is InChI=1S/C21H29F3N2O3/c1-20(2,3)14-26(15-21(22,23)24)19(28)16-9-11-25(12-10-16)18(27)13-29-17-7-5-4-6-8-17/h4-8,16H,9-15H2,1-3H3. The number of benzene rings is 1. The molecule has 1 heterocycles. The number of carbonyl (C=O) groups is 2. The maximum absolute atomic E-state index is 12.9. The molecule has 162 valence electrons. The molecule has 0 atom stereocenters. The summed E-state index contributed by atoms with van der Waals surface area (Å²) in [5.74, 6) is -0.582. The molecule has 8 heteroatoms. The highest BCUT2D eigenvalue weighted by molar-refractivity contribution is 5.81. The lowest BCUT2D eigenvalue weighted by atomic mass is 9.92. The van der Waals surface area contributed by atoms with E-state index in [0.29, 0.717) is 31.7 Å². The van der Waals surface area contributed by atoms with Gasteiger partial charge in [-0.25, -0.2) is 0 Å². The molecular weight excluding hydrogens is 385 g/mol. The Morgan fingerprint density at radius 2 is 1.66 bits per heavy atom. The van der Waals surface area contributed by atoms with Gasteiger partial charge in [-0.2, -0.15) is 13.2 Å². The molecule has 0 bridgehead atoms. The van der Waals surface area contributed by atoms with Crippen LogP contribution in [-0.4, -0.2) is 60.6 Å². The van der Waals surface area contributed by atoms with Crippen molar-refractivity contribution in [1.29, 1.82) is 0 Å². The van der Waals surface area contributed by atoms with Crippen molar-refractivity contribution in [2.75, 3.05) is 32.8 Å². The van der Waals surface area contributed by atoms with Gasteiger partial charge in [0.25, 0.3) is 5.91 Å². The van der Waals surface area contributed by atoms with Gasteiger partial charge in [0, 0.05) is 25.6 Å². The minimum absolute atomic E-state index is 0.0371. The van der Waals surface area contributed by atoms with Gasteiger partial charge in [-0.1, -0.05) is 39.0 Å². The van der Waals surface area contributed by atoms with Crippen LogP contribution in [0.4, 0.5) is 13.2 Å². The fourth-order valence-electron chi connectivity index (χ4n) is 3.39. The first-order valence-corrected chi connectivity index (χ1v) is 9.76. The molecule has 1 aromatic rings. The summed E-state index contributed by atoms with van der Waals surface area (Å²) in [5, 5.41) is 0. The summed E-state index contributed by atoms with van der Waals surface area (Å²) in [6, 6.07) is 8.96. The van der Waals surface area contributed by atoms with Crippen LogP contribution in [0.1, 0.15) is 33.6 Å². The second kappa shape index (κ2) is 9.50. The number of amides is 2. The van der Waals surface area contributed by atoms with Gasteiger partial charge in [-0.15, -0.1) is 0 Å². The van der Waals surface area contributed by atoms with E-state index in [1.165, 1.54) is 0 Å². The first-order valence-electron chi connectivity index (χ1n) is 9.76. The first kappa shape index (κ1) is 23.0. The molecule has 2 amide bonds. The molecule has 29 heavy (non-hydrogen) atoms. The third kappa shape index (κ3) is 7.95. The van der Waals surface area contributed by atoms with Crippen LogP contribution in [0, 0.1) is 11.3 Å². The third-order valence-electron chi connectivity index (χ3n) is 4.65. The molecule has 1 aromatic carbocycles. The quantitative estimate of drug-likeness (QED) is 0.713. The Kier molecular flexibility index (Phi) is 7.54. The van der Waals surface area contributed by atoms with Crippen LogP contribution >= 0.6 is 0 Å². The normalized spacial score (nSPS) is 15.9. The molecule has 1 fully saturated rings. The van der Waals surface area contributed by atoms with Crippen LogP contribution in [-0.2, 0) is 9.59 Å². The van der Waals surface area contributed by atoms with Gasteiger partial charge < -0.3 is 14.5 Å². The molecule has 0 unspecified atom stereocenters. The Labute approximate surface area is 169 Å². The molecule has 1 saturated heterocycles. The summed E-state index contributed by atoms with van der Waals surface area (Å²) < 4.78 is 44.3. The van der Waals surface area contributed by atoms with Crippen LogP contribution < -0.4 is 4.74 Å². The van der Waals surface area contributed by atoms with Gasteiger partial charge in [-0.3, -0.25) is 9.59 Å². The van der Waals surface area contributed by atoms with Crippen LogP contribution in [0.3, 0.4) is 0 Å². The van der Waals surface area contributed by atoms with Crippen molar-refractivity contribution in [3.8, 4) is 5.75 Å². The lowest BCUT2D eigenvalue weighted by Crippen LogP contribution is -2.49. The molecular formula is C21H29F3N2O3. The van der Waals surface area contributed by atoms with E-state index < -0.39 is 30.0 Å². The Balaban J connectivity index is 1.88. The fourth-order valence-corrected chi connectivity index (χ4v) is 3.39. The number of ether oxygens (including phenoxy) is 1. The second-order valence-corrected chi connectivity index (χ2v) is 8.63. The van der Waals surface area contributed by atoms with Crippen LogP contribution in [0.5, 0.6) is 5.75 Å². The van der Waals surface area contributed by atoms with Gasteiger partial charge in [0.1, 0.15) is 12.3 Å². The molecule has 1 aliphatic rings. The average molecular weight is 414 g/mol. The predicted octanol–water partition coefficient (Wildman–Crippen LogP) is 3.74. The van der Waals surface area contributed by atoms with Crippen molar-refractivity contribution in [2.24, 2.45) is 11.3 Å². The summed E-state index contributed by atoms with van der Waals surface area (Å²) in [4.78, 5) is 27.6. The highest BCUT2D eigenvalue weighted by Crippen LogP contribution is 2.26. The Hall–Kier alpha value is -2.25. The molecule has 0 spiro atoms. The van der Waals surface area contributed by atoms with Crippen molar-refractivity contribution in [3.63, 3.8) is 0 Å². The first-order chi connectivity index (χ1) is 13.4. The maximum Gasteiger partial charge on any atom is 0.406 e. The number of carbonyl (C=O) groups excluding carboxylic acids is 2. The Morgan fingerprint density at radius 1 is 1.07 bits per heavy atom. The maximum atomic E-state index is 12.9. The number of nitrogens with zero attached hydrogens (tertiary/aromatic N) is 2. The number of hydrogen-bond acceptors (Lipinski definition) is 3. The molecule has 0 aliphatic carbocycles. The number of likely N-dealkylation sites (tertiary alicyclic amines) is 1. The lowest BCUT2D eigenvalue weighted by Gasteiger charge is -2.36. The van der Waals surface area contributed by atoms with E-state index in [1.807, 2.05) is 6.07 Å². The second-order valence-electron chi connectivity index (χ2n) is 8.63. The zero-order valence-electron chi connectivity index (χ0n) is 17.2. The molecule has 2 rings (SSSR count). The monoisotopic (exact) mass is 414 g/mol. The summed E-state index contributed by atoms with van der Waals surface area (Å²) >= 11 is 0. The SMILES string of the molecule is CC(C)(C)CN(CC(F)(F)F)C(=O)C1CCN(C(=O)COc2ccccc2)CC1. The zero-order valence-corrected chi connectivity index (χ0v) is 17.2. The van der Waals surface area contributed by atoms with Gasteiger partial charge in [0.05, 0.1) is 0 Å². The van der Waals surface area contributed by atoms with Crippen molar-refractivity contribution >= 4 is 11.8 Å².